The highest BCUT2D eigenvalue weighted by Crippen LogP contribution is 2.36. The summed E-state index contributed by atoms with van der Waals surface area (Å²) in [5, 5.41) is 20.7. The van der Waals surface area contributed by atoms with Gasteiger partial charge >= 0.3 is 0 Å². The average Bonchev–Trinajstić information content (AvgIpc) is 3.19. The van der Waals surface area contributed by atoms with Crippen molar-refractivity contribution < 1.29 is 9.90 Å². The van der Waals surface area contributed by atoms with Gasteiger partial charge in [0.2, 0.25) is 5.91 Å². The lowest BCUT2D eigenvalue weighted by Gasteiger charge is -2.36. The fourth-order valence-corrected chi connectivity index (χ4v) is 4.03. The van der Waals surface area contributed by atoms with Crippen LogP contribution in [0, 0.1) is 0 Å². The summed E-state index contributed by atoms with van der Waals surface area (Å²) in [5.74, 6) is 2.02. The lowest BCUT2D eigenvalue weighted by Crippen LogP contribution is -2.48. The zero-order chi connectivity index (χ0) is 17.1. The highest BCUT2D eigenvalue weighted by Gasteiger charge is 2.35. The van der Waals surface area contributed by atoms with Gasteiger partial charge < -0.3 is 15.0 Å². The Labute approximate surface area is 143 Å². The molecule has 2 aliphatic rings. The third kappa shape index (κ3) is 3.62. The van der Waals surface area contributed by atoms with E-state index in [1.54, 1.807) is 0 Å². The van der Waals surface area contributed by atoms with Crippen molar-refractivity contribution in [3.63, 3.8) is 0 Å². The quantitative estimate of drug-likeness (QED) is 0.777. The topological polar surface area (TPSA) is 83.3 Å². The molecule has 134 valence electrons. The van der Waals surface area contributed by atoms with Gasteiger partial charge in [0, 0.05) is 24.5 Å². The number of hydrogen-bond acceptors (Lipinski definition) is 5. The Hall–Kier alpha value is -1.47. The molecule has 1 aromatic rings. The summed E-state index contributed by atoms with van der Waals surface area (Å²) in [6.45, 7) is 3.20. The maximum atomic E-state index is 12.2. The van der Waals surface area contributed by atoms with Gasteiger partial charge in [0.25, 0.3) is 0 Å². The van der Waals surface area contributed by atoms with Gasteiger partial charge in [-0.2, -0.15) is 0 Å². The first kappa shape index (κ1) is 17.4. The Morgan fingerprint density at radius 3 is 2.67 bits per heavy atom. The predicted molar refractivity (Wildman–Crippen MR) is 90.4 cm³/mol. The van der Waals surface area contributed by atoms with Crippen LogP contribution in [-0.4, -0.2) is 56.4 Å². The van der Waals surface area contributed by atoms with Gasteiger partial charge in [-0.1, -0.05) is 12.8 Å². The molecular formula is C17H29N5O2. The molecule has 2 N–H and O–H groups in total. The van der Waals surface area contributed by atoms with Gasteiger partial charge in [0.05, 0.1) is 6.54 Å². The van der Waals surface area contributed by atoms with Crippen LogP contribution in [0.1, 0.15) is 63.0 Å². The van der Waals surface area contributed by atoms with Gasteiger partial charge in [0.1, 0.15) is 12.4 Å². The van der Waals surface area contributed by atoms with E-state index in [-0.39, 0.29) is 18.6 Å². The van der Waals surface area contributed by atoms with Gasteiger partial charge in [-0.3, -0.25) is 9.69 Å². The second-order valence-electron chi connectivity index (χ2n) is 7.16. The number of rotatable bonds is 7. The fraction of sp³-hybridized carbons (Fsp3) is 0.824. The number of nitrogens with zero attached hydrogens (tertiary/aromatic N) is 4. The van der Waals surface area contributed by atoms with Gasteiger partial charge in [-0.15, -0.1) is 10.2 Å². The van der Waals surface area contributed by atoms with Crippen LogP contribution in [0.15, 0.2) is 0 Å². The molecule has 2 fully saturated rings. The smallest absolute Gasteiger partial charge is 0.234 e. The standard InChI is InChI=1S/C17H29N5O2/c1-3-22-15(11-23)19-20-17(22)12-8-13(9-12)18-16(24)10-21(2)14-6-4-5-7-14/h12-14,23H,3-11H2,1-2H3,(H,18,24). The molecule has 1 aromatic heterocycles. The van der Waals surface area contributed by atoms with Crippen LogP contribution < -0.4 is 5.32 Å². The average molecular weight is 335 g/mol. The first-order chi connectivity index (χ1) is 11.6. The van der Waals surface area contributed by atoms with Crippen molar-refractivity contribution in [3.05, 3.63) is 11.6 Å². The lowest BCUT2D eigenvalue weighted by molar-refractivity contribution is -0.123. The van der Waals surface area contributed by atoms with Crippen LogP contribution in [0.5, 0.6) is 0 Å². The van der Waals surface area contributed by atoms with Crippen molar-refractivity contribution in [2.24, 2.45) is 0 Å². The van der Waals surface area contributed by atoms with Crippen LogP contribution in [-0.2, 0) is 17.9 Å². The second-order valence-corrected chi connectivity index (χ2v) is 7.16. The van der Waals surface area contributed by atoms with E-state index in [0.717, 1.165) is 25.2 Å². The maximum absolute atomic E-state index is 12.2. The minimum absolute atomic E-state index is 0.0821. The van der Waals surface area contributed by atoms with E-state index >= 15 is 0 Å². The first-order valence-corrected chi connectivity index (χ1v) is 9.14. The Kier molecular flexibility index (Phi) is 5.50. The summed E-state index contributed by atoms with van der Waals surface area (Å²) in [6, 6.07) is 0.809. The third-order valence-electron chi connectivity index (χ3n) is 5.52. The molecule has 0 radical (unpaired) electrons. The Balaban J connectivity index is 1.45. The van der Waals surface area contributed by atoms with Gasteiger partial charge in [0.15, 0.2) is 5.82 Å². The molecule has 0 spiro atoms. The molecule has 7 nitrogen and oxygen atoms in total. The lowest BCUT2D eigenvalue weighted by atomic mass is 9.79. The van der Waals surface area contributed by atoms with Crippen LogP contribution in [0.25, 0.3) is 0 Å². The van der Waals surface area contributed by atoms with Crippen molar-refractivity contribution in [1.29, 1.82) is 0 Å². The van der Waals surface area contributed by atoms with Crippen molar-refractivity contribution in [2.75, 3.05) is 13.6 Å². The molecular weight excluding hydrogens is 306 g/mol. The molecule has 0 aliphatic heterocycles. The SMILES string of the molecule is CCn1c(CO)nnc1C1CC(NC(=O)CN(C)C2CCCC2)C1. The summed E-state index contributed by atoms with van der Waals surface area (Å²) >= 11 is 0. The van der Waals surface area contributed by atoms with Crippen molar-refractivity contribution in [3.8, 4) is 0 Å². The molecule has 0 saturated heterocycles. The number of aliphatic hydroxyl groups is 1. The molecule has 3 rings (SSSR count). The molecule has 0 atom stereocenters. The summed E-state index contributed by atoms with van der Waals surface area (Å²) < 4.78 is 1.98. The highest BCUT2D eigenvalue weighted by atomic mass is 16.3. The third-order valence-corrected chi connectivity index (χ3v) is 5.52. The number of hydrogen-bond donors (Lipinski definition) is 2. The predicted octanol–water partition coefficient (Wildman–Crippen LogP) is 1.03. The maximum Gasteiger partial charge on any atom is 0.234 e. The zero-order valence-corrected chi connectivity index (χ0v) is 14.7. The molecule has 1 heterocycles. The molecule has 0 bridgehead atoms. The number of carbonyl (C=O) groups is 1. The number of aliphatic hydroxyl groups excluding tert-OH is 1. The van der Waals surface area contributed by atoms with E-state index < -0.39 is 0 Å². The van der Waals surface area contributed by atoms with E-state index in [4.69, 9.17) is 0 Å². The van der Waals surface area contributed by atoms with E-state index in [9.17, 15) is 9.90 Å². The van der Waals surface area contributed by atoms with Crippen LogP contribution >= 0.6 is 0 Å². The summed E-state index contributed by atoms with van der Waals surface area (Å²) in [5.41, 5.74) is 0. The Bertz CT molecular complexity index is 561. The minimum Gasteiger partial charge on any atom is -0.388 e. The molecule has 0 aromatic carbocycles. The Morgan fingerprint density at radius 1 is 1.33 bits per heavy atom. The van der Waals surface area contributed by atoms with Crippen LogP contribution in [0.4, 0.5) is 0 Å². The zero-order valence-electron chi connectivity index (χ0n) is 14.7. The normalized spacial score (nSPS) is 24.3. The number of carbonyl (C=O) groups excluding carboxylic acids is 1. The molecule has 2 aliphatic carbocycles. The summed E-state index contributed by atoms with van der Waals surface area (Å²) in [6.07, 6.45) is 6.82. The second kappa shape index (κ2) is 7.61. The van der Waals surface area contributed by atoms with Gasteiger partial charge in [-0.05, 0) is 39.7 Å². The van der Waals surface area contributed by atoms with E-state index in [2.05, 4.69) is 27.5 Å². The molecule has 7 heteroatoms. The molecule has 0 unspecified atom stereocenters. The number of likely N-dealkylation sites (N-methyl/N-ethyl adjacent to an activating group) is 1. The number of nitrogens with one attached hydrogen (secondary N) is 1. The van der Waals surface area contributed by atoms with E-state index in [0.29, 0.717) is 24.3 Å². The largest absolute Gasteiger partial charge is 0.388 e. The van der Waals surface area contributed by atoms with E-state index in [1.165, 1.54) is 25.7 Å². The monoisotopic (exact) mass is 335 g/mol. The highest BCUT2D eigenvalue weighted by molar-refractivity contribution is 5.78. The fourth-order valence-electron chi connectivity index (χ4n) is 4.03. The molecule has 24 heavy (non-hydrogen) atoms. The van der Waals surface area contributed by atoms with Crippen molar-refractivity contribution >= 4 is 5.91 Å². The van der Waals surface area contributed by atoms with Crippen molar-refractivity contribution in [2.45, 2.75) is 76.6 Å². The summed E-state index contributed by atoms with van der Waals surface area (Å²) in [4.78, 5) is 14.4. The van der Waals surface area contributed by atoms with Crippen molar-refractivity contribution in [1.82, 2.24) is 25.0 Å². The van der Waals surface area contributed by atoms with Gasteiger partial charge in [-0.25, -0.2) is 0 Å². The Morgan fingerprint density at radius 2 is 2.04 bits per heavy atom. The first-order valence-electron chi connectivity index (χ1n) is 9.14. The molecule has 1 amide bonds. The van der Waals surface area contributed by atoms with E-state index in [1.807, 2.05) is 11.5 Å². The summed E-state index contributed by atoms with van der Waals surface area (Å²) in [7, 11) is 2.05. The molecule has 2 saturated carbocycles. The minimum atomic E-state index is -0.0821. The number of aromatic nitrogens is 3. The van der Waals surface area contributed by atoms with Crippen LogP contribution in [0.3, 0.4) is 0 Å². The number of amides is 1. The van der Waals surface area contributed by atoms with Crippen LogP contribution in [0.2, 0.25) is 0 Å².